The second-order valence-electron chi connectivity index (χ2n) is 8.89. The molecule has 3 N–H and O–H groups in total. The zero-order valence-corrected chi connectivity index (χ0v) is 14.5. The number of amides is 1. The van der Waals surface area contributed by atoms with Crippen molar-refractivity contribution in [3.05, 3.63) is 0 Å². The highest BCUT2D eigenvalue weighted by atomic mass is 16.7. The van der Waals surface area contributed by atoms with Gasteiger partial charge in [-0.2, -0.15) is 0 Å². The third kappa shape index (κ3) is 2.45. The molecule has 6 heteroatoms. The number of rotatable bonds is 5. The molecule has 5 aliphatic rings. The molecule has 1 saturated heterocycles. The molecule has 2 bridgehead atoms. The average Bonchev–Trinajstić information content (AvgIpc) is 3.24. The SMILES string of the molecule is CC1(C)C2CC3OB(C(CC4CC4)NC(=O)CN)OC3(C)C1C2. The molecular formula is C17H29BN2O3. The molecule has 5 fully saturated rings. The van der Waals surface area contributed by atoms with Crippen molar-refractivity contribution in [2.24, 2.45) is 28.9 Å². The molecule has 5 nitrogen and oxygen atoms in total. The lowest BCUT2D eigenvalue weighted by atomic mass is 9.43. The van der Waals surface area contributed by atoms with Gasteiger partial charge < -0.3 is 20.4 Å². The zero-order valence-electron chi connectivity index (χ0n) is 14.5. The molecule has 128 valence electrons. The van der Waals surface area contributed by atoms with E-state index in [2.05, 4.69) is 26.1 Å². The van der Waals surface area contributed by atoms with Crippen LogP contribution in [0, 0.1) is 23.2 Å². The van der Waals surface area contributed by atoms with Crippen LogP contribution in [0.1, 0.15) is 52.9 Å². The average molecular weight is 320 g/mol. The van der Waals surface area contributed by atoms with Gasteiger partial charge in [-0.1, -0.05) is 26.7 Å². The van der Waals surface area contributed by atoms with Crippen molar-refractivity contribution >= 4 is 13.0 Å². The summed E-state index contributed by atoms with van der Waals surface area (Å²) in [5.74, 6) is 1.81. The lowest BCUT2D eigenvalue weighted by Crippen LogP contribution is -2.65. The van der Waals surface area contributed by atoms with E-state index in [9.17, 15) is 4.79 Å². The van der Waals surface area contributed by atoms with Gasteiger partial charge in [0.25, 0.3) is 0 Å². The van der Waals surface area contributed by atoms with E-state index in [1.54, 1.807) is 0 Å². The predicted octanol–water partition coefficient (Wildman–Crippen LogP) is 1.50. The fourth-order valence-corrected chi connectivity index (χ4v) is 5.29. The van der Waals surface area contributed by atoms with Crippen LogP contribution in [0.4, 0.5) is 0 Å². The molecule has 4 aliphatic carbocycles. The van der Waals surface area contributed by atoms with Crippen LogP contribution < -0.4 is 11.1 Å². The number of carbonyl (C=O) groups is 1. The number of hydrogen-bond acceptors (Lipinski definition) is 4. The molecule has 0 aromatic rings. The molecule has 1 amide bonds. The number of carbonyl (C=O) groups excluding carboxylic acids is 1. The zero-order chi connectivity index (χ0) is 16.4. The summed E-state index contributed by atoms with van der Waals surface area (Å²) < 4.78 is 12.8. The molecule has 5 rings (SSSR count). The maximum Gasteiger partial charge on any atom is 0.481 e. The van der Waals surface area contributed by atoms with Gasteiger partial charge in [-0.05, 0) is 49.4 Å². The molecule has 4 saturated carbocycles. The van der Waals surface area contributed by atoms with Crippen molar-refractivity contribution in [3.63, 3.8) is 0 Å². The first kappa shape index (κ1) is 15.9. The van der Waals surface area contributed by atoms with Crippen molar-refractivity contribution < 1.29 is 14.1 Å². The van der Waals surface area contributed by atoms with Gasteiger partial charge in [-0.25, -0.2) is 0 Å². The summed E-state index contributed by atoms with van der Waals surface area (Å²) in [6.07, 6.45) is 5.94. The summed E-state index contributed by atoms with van der Waals surface area (Å²) in [6.45, 7) is 6.97. The Balaban J connectivity index is 1.50. The quantitative estimate of drug-likeness (QED) is 0.753. The molecule has 0 aromatic carbocycles. The van der Waals surface area contributed by atoms with Crippen molar-refractivity contribution in [2.45, 2.75) is 70.5 Å². The largest absolute Gasteiger partial charge is 0.481 e. The van der Waals surface area contributed by atoms with E-state index in [4.69, 9.17) is 15.0 Å². The first-order valence-electron chi connectivity index (χ1n) is 9.17. The number of nitrogens with two attached hydrogens (primary N) is 1. The number of hydrogen-bond donors (Lipinski definition) is 2. The third-order valence-electron chi connectivity index (χ3n) is 7.11. The Morgan fingerprint density at radius 2 is 2.09 bits per heavy atom. The first-order chi connectivity index (χ1) is 10.8. The van der Waals surface area contributed by atoms with Crippen LogP contribution in [0.2, 0.25) is 0 Å². The fraction of sp³-hybridized carbons (Fsp3) is 0.941. The molecule has 23 heavy (non-hydrogen) atoms. The van der Waals surface area contributed by atoms with E-state index in [0.29, 0.717) is 17.3 Å². The van der Waals surface area contributed by atoms with Crippen LogP contribution in [0.15, 0.2) is 0 Å². The molecule has 1 aliphatic heterocycles. The summed E-state index contributed by atoms with van der Waals surface area (Å²) in [7, 11) is -0.323. The molecular weight excluding hydrogens is 291 g/mol. The van der Waals surface area contributed by atoms with Crippen LogP contribution >= 0.6 is 0 Å². The van der Waals surface area contributed by atoms with Gasteiger partial charge in [-0.15, -0.1) is 0 Å². The highest BCUT2D eigenvalue weighted by Crippen LogP contribution is 2.65. The summed E-state index contributed by atoms with van der Waals surface area (Å²) in [5.41, 5.74) is 5.61. The van der Waals surface area contributed by atoms with E-state index >= 15 is 0 Å². The van der Waals surface area contributed by atoms with Crippen LogP contribution in [0.5, 0.6) is 0 Å². The Labute approximate surface area is 139 Å². The molecule has 5 atom stereocenters. The van der Waals surface area contributed by atoms with Crippen LogP contribution in [-0.4, -0.2) is 37.2 Å². The van der Waals surface area contributed by atoms with E-state index < -0.39 is 0 Å². The Bertz CT molecular complexity index is 510. The maximum absolute atomic E-state index is 11.8. The lowest BCUT2D eigenvalue weighted by Gasteiger charge is -2.64. The van der Waals surface area contributed by atoms with Crippen molar-refractivity contribution in [1.29, 1.82) is 0 Å². The van der Waals surface area contributed by atoms with E-state index in [1.807, 2.05) is 0 Å². The molecule has 5 unspecified atom stereocenters. The minimum atomic E-state index is -0.323. The smallest absolute Gasteiger partial charge is 0.404 e. The minimum Gasteiger partial charge on any atom is -0.404 e. The van der Waals surface area contributed by atoms with Crippen LogP contribution in [-0.2, 0) is 14.1 Å². The van der Waals surface area contributed by atoms with Crippen LogP contribution in [0.3, 0.4) is 0 Å². The van der Waals surface area contributed by atoms with Gasteiger partial charge in [0.2, 0.25) is 5.91 Å². The summed E-state index contributed by atoms with van der Waals surface area (Å²) in [5, 5.41) is 3.04. The Morgan fingerprint density at radius 1 is 1.35 bits per heavy atom. The maximum atomic E-state index is 11.8. The van der Waals surface area contributed by atoms with Gasteiger partial charge in [0.1, 0.15) is 0 Å². The molecule has 1 heterocycles. The van der Waals surface area contributed by atoms with Crippen molar-refractivity contribution in [2.75, 3.05) is 6.54 Å². The normalized spacial score (nSPS) is 41.9. The lowest BCUT2D eigenvalue weighted by molar-refractivity contribution is -0.199. The molecule has 0 spiro atoms. The second-order valence-corrected chi connectivity index (χ2v) is 8.89. The molecule has 0 radical (unpaired) electrons. The topological polar surface area (TPSA) is 73.6 Å². The summed E-state index contributed by atoms with van der Waals surface area (Å²) in [6, 6.07) is 0. The Hall–Kier alpha value is -0.585. The first-order valence-corrected chi connectivity index (χ1v) is 9.17. The van der Waals surface area contributed by atoms with E-state index in [0.717, 1.165) is 18.8 Å². The van der Waals surface area contributed by atoms with Crippen molar-refractivity contribution in [1.82, 2.24) is 5.32 Å². The number of nitrogens with one attached hydrogen (secondary N) is 1. The van der Waals surface area contributed by atoms with E-state index in [1.165, 1.54) is 19.3 Å². The van der Waals surface area contributed by atoms with Gasteiger partial charge in [-0.3, -0.25) is 4.79 Å². The van der Waals surface area contributed by atoms with E-state index in [-0.39, 0.29) is 37.2 Å². The standard InChI is InChI=1S/C17H29BN2O3/c1-16(2)11-7-12(16)17(3)13(8-11)22-18(23-17)14(6-10-4-5-10)20-15(21)9-19/h10-14H,4-9,19H2,1-3H3,(H,20,21). The summed E-state index contributed by atoms with van der Waals surface area (Å²) in [4.78, 5) is 11.8. The second kappa shape index (κ2) is 5.20. The Morgan fingerprint density at radius 3 is 2.70 bits per heavy atom. The van der Waals surface area contributed by atoms with Gasteiger partial charge in [0, 0.05) is 0 Å². The monoisotopic (exact) mass is 320 g/mol. The third-order valence-corrected chi connectivity index (χ3v) is 7.11. The summed E-state index contributed by atoms with van der Waals surface area (Å²) >= 11 is 0. The predicted molar refractivity (Wildman–Crippen MR) is 88.4 cm³/mol. The van der Waals surface area contributed by atoms with Crippen molar-refractivity contribution in [3.8, 4) is 0 Å². The minimum absolute atomic E-state index is 0.0202. The highest BCUT2D eigenvalue weighted by Gasteiger charge is 2.68. The fourth-order valence-electron chi connectivity index (χ4n) is 5.29. The van der Waals surface area contributed by atoms with Gasteiger partial charge in [0.05, 0.1) is 24.2 Å². The Kier molecular flexibility index (Phi) is 3.60. The van der Waals surface area contributed by atoms with Crippen LogP contribution in [0.25, 0.3) is 0 Å². The molecule has 0 aromatic heterocycles. The van der Waals surface area contributed by atoms with Gasteiger partial charge in [0.15, 0.2) is 0 Å². The van der Waals surface area contributed by atoms with Gasteiger partial charge >= 0.3 is 7.12 Å². The highest BCUT2D eigenvalue weighted by molar-refractivity contribution is 6.47.